The molecule has 2 saturated carbocycles. The smallest absolute Gasteiger partial charge is 0.327 e. The summed E-state index contributed by atoms with van der Waals surface area (Å²) in [7, 11) is 0. The zero-order valence-electron chi connectivity index (χ0n) is 12.0. The van der Waals surface area contributed by atoms with Crippen molar-refractivity contribution in [2.24, 2.45) is 17.8 Å². The highest BCUT2D eigenvalue weighted by molar-refractivity contribution is 8.00. The van der Waals surface area contributed by atoms with Gasteiger partial charge in [-0.25, -0.2) is 4.79 Å². The van der Waals surface area contributed by atoms with Crippen molar-refractivity contribution in [3.63, 3.8) is 0 Å². The van der Waals surface area contributed by atoms with E-state index in [2.05, 4.69) is 6.92 Å². The Hall–Kier alpha value is -0.710. The zero-order valence-corrected chi connectivity index (χ0v) is 12.8. The fraction of sp³-hybridized carbons (Fsp3) is 0.867. The number of aliphatic carboxylic acids is 1. The summed E-state index contributed by atoms with van der Waals surface area (Å²) in [6.45, 7) is 2.09. The summed E-state index contributed by atoms with van der Waals surface area (Å²) in [4.78, 5) is 26.0. The SMILES string of the molecule is CCCC1SCC(C(=O)O)N1C(=O)C1C2CCCCC21. The molecule has 0 bridgehead atoms. The number of hydrogen-bond donors (Lipinski definition) is 1. The Balaban J connectivity index is 1.74. The van der Waals surface area contributed by atoms with E-state index in [-0.39, 0.29) is 17.2 Å². The van der Waals surface area contributed by atoms with Gasteiger partial charge in [0.15, 0.2) is 0 Å². The van der Waals surface area contributed by atoms with Gasteiger partial charge in [0.25, 0.3) is 0 Å². The maximum atomic E-state index is 12.8. The highest BCUT2D eigenvalue weighted by Crippen LogP contribution is 2.57. The molecule has 1 aliphatic heterocycles. The summed E-state index contributed by atoms with van der Waals surface area (Å²) in [5.74, 6) is 1.09. The van der Waals surface area contributed by atoms with Crippen molar-refractivity contribution < 1.29 is 14.7 Å². The molecule has 1 heterocycles. The van der Waals surface area contributed by atoms with Gasteiger partial charge in [-0.05, 0) is 31.1 Å². The summed E-state index contributed by atoms with van der Waals surface area (Å²) in [6.07, 6.45) is 6.70. The van der Waals surface area contributed by atoms with Crippen molar-refractivity contribution >= 4 is 23.6 Å². The molecular weight excluding hydrogens is 274 g/mol. The number of nitrogens with zero attached hydrogens (tertiary/aromatic N) is 1. The fourth-order valence-electron chi connectivity index (χ4n) is 4.05. The van der Waals surface area contributed by atoms with Gasteiger partial charge in [-0.1, -0.05) is 26.2 Å². The van der Waals surface area contributed by atoms with Gasteiger partial charge in [0.1, 0.15) is 6.04 Å². The Bertz CT molecular complexity index is 402. The molecule has 4 nitrogen and oxygen atoms in total. The zero-order chi connectivity index (χ0) is 14.3. The second-order valence-electron chi connectivity index (χ2n) is 6.31. The van der Waals surface area contributed by atoms with Gasteiger partial charge < -0.3 is 10.0 Å². The number of carboxylic acids is 1. The molecule has 1 N–H and O–H groups in total. The van der Waals surface area contributed by atoms with Crippen LogP contribution >= 0.6 is 11.8 Å². The lowest BCUT2D eigenvalue weighted by molar-refractivity contribution is -0.150. The van der Waals surface area contributed by atoms with E-state index < -0.39 is 12.0 Å². The minimum atomic E-state index is -0.840. The Morgan fingerprint density at radius 3 is 2.45 bits per heavy atom. The average Bonchev–Trinajstić information content (AvgIpc) is 3.01. The van der Waals surface area contributed by atoms with Crippen molar-refractivity contribution in [2.45, 2.75) is 56.9 Å². The summed E-state index contributed by atoms with van der Waals surface area (Å²) in [5, 5.41) is 9.45. The molecule has 3 rings (SSSR count). The predicted octanol–water partition coefficient (Wildman–Crippen LogP) is 2.58. The molecule has 1 amide bonds. The minimum Gasteiger partial charge on any atom is -0.480 e. The van der Waals surface area contributed by atoms with Crippen LogP contribution in [0.15, 0.2) is 0 Å². The number of carbonyl (C=O) groups excluding carboxylic acids is 1. The number of hydrogen-bond acceptors (Lipinski definition) is 3. The van der Waals surface area contributed by atoms with Crippen molar-refractivity contribution in [3.05, 3.63) is 0 Å². The Morgan fingerprint density at radius 2 is 1.90 bits per heavy atom. The molecule has 4 unspecified atom stereocenters. The van der Waals surface area contributed by atoms with Crippen LogP contribution in [0.4, 0.5) is 0 Å². The van der Waals surface area contributed by atoms with Crippen LogP contribution in [0.3, 0.4) is 0 Å². The normalized spacial score (nSPS) is 39.5. The standard InChI is InChI=1S/C15H23NO3S/c1-2-5-12-16(11(8-20-12)15(18)19)14(17)13-9-6-3-4-7-10(9)13/h9-13H,2-8H2,1H3,(H,18,19). The number of thioether (sulfide) groups is 1. The van der Waals surface area contributed by atoms with Gasteiger partial charge in [0.05, 0.1) is 5.37 Å². The largest absolute Gasteiger partial charge is 0.480 e. The molecule has 0 aromatic rings. The summed E-state index contributed by atoms with van der Waals surface area (Å²) >= 11 is 1.64. The molecule has 3 aliphatic rings. The summed E-state index contributed by atoms with van der Waals surface area (Å²) < 4.78 is 0. The maximum Gasteiger partial charge on any atom is 0.327 e. The molecule has 1 saturated heterocycles. The first kappa shape index (κ1) is 14.2. The lowest BCUT2D eigenvalue weighted by atomic mass is 10.0. The van der Waals surface area contributed by atoms with E-state index in [1.807, 2.05) is 0 Å². The molecule has 0 spiro atoms. The van der Waals surface area contributed by atoms with Crippen molar-refractivity contribution in [1.29, 1.82) is 0 Å². The number of carbonyl (C=O) groups is 2. The van der Waals surface area contributed by atoms with Crippen LogP contribution in [-0.2, 0) is 9.59 Å². The van der Waals surface area contributed by atoms with Crippen molar-refractivity contribution in [1.82, 2.24) is 4.90 Å². The second kappa shape index (κ2) is 5.58. The molecule has 20 heavy (non-hydrogen) atoms. The molecule has 3 fully saturated rings. The summed E-state index contributed by atoms with van der Waals surface area (Å²) in [5.41, 5.74) is 0. The van der Waals surface area contributed by atoms with Crippen molar-refractivity contribution in [3.8, 4) is 0 Å². The Labute approximate surface area is 124 Å². The molecular formula is C15H23NO3S. The van der Waals surface area contributed by atoms with E-state index in [1.165, 1.54) is 12.8 Å². The highest BCUT2D eigenvalue weighted by Gasteiger charge is 2.58. The predicted molar refractivity (Wildman–Crippen MR) is 78.4 cm³/mol. The molecule has 2 aliphatic carbocycles. The van der Waals surface area contributed by atoms with Gasteiger partial charge in [0.2, 0.25) is 5.91 Å². The summed E-state index contributed by atoms with van der Waals surface area (Å²) in [6, 6.07) is -0.605. The quantitative estimate of drug-likeness (QED) is 0.866. The molecule has 112 valence electrons. The maximum absolute atomic E-state index is 12.8. The molecule has 0 aromatic carbocycles. The van der Waals surface area contributed by atoms with Crippen LogP contribution in [0.2, 0.25) is 0 Å². The number of rotatable bonds is 4. The van der Waals surface area contributed by atoms with E-state index >= 15 is 0 Å². The van der Waals surface area contributed by atoms with Crippen LogP contribution in [0.5, 0.6) is 0 Å². The number of carboxylic acid groups (broad SMARTS) is 1. The van der Waals surface area contributed by atoms with Gasteiger partial charge in [-0.15, -0.1) is 11.8 Å². The third-order valence-corrected chi connectivity index (χ3v) is 6.47. The van der Waals surface area contributed by atoms with Crippen molar-refractivity contribution in [2.75, 3.05) is 5.75 Å². The first-order chi connectivity index (χ1) is 9.65. The van der Waals surface area contributed by atoms with Gasteiger partial charge in [-0.3, -0.25) is 4.79 Å². The third-order valence-electron chi connectivity index (χ3n) is 5.11. The lowest BCUT2D eigenvalue weighted by Gasteiger charge is -2.27. The van der Waals surface area contributed by atoms with Gasteiger partial charge in [-0.2, -0.15) is 0 Å². The lowest BCUT2D eigenvalue weighted by Crippen LogP contribution is -2.46. The average molecular weight is 297 g/mol. The second-order valence-corrected chi connectivity index (χ2v) is 7.52. The molecule has 0 aromatic heterocycles. The molecule has 5 heteroatoms. The van der Waals surface area contributed by atoms with Crippen LogP contribution in [-0.4, -0.2) is 39.1 Å². The van der Waals surface area contributed by atoms with Crippen LogP contribution in [0.1, 0.15) is 45.4 Å². The third kappa shape index (κ3) is 2.34. The van der Waals surface area contributed by atoms with E-state index in [0.717, 1.165) is 25.7 Å². The van der Waals surface area contributed by atoms with Gasteiger partial charge in [0, 0.05) is 11.7 Å². The highest BCUT2D eigenvalue weighted by atomic mass is 32.2. The monoisotopic (exact) mass is 297 g/mol. The Morgan fingerprint density at radius 1 is 1.25 bits per heavy atom. The van der Waals surface area contributed by atoms with E-state index in [0.29, 0.717) is 17.6 Å². The number of amides is 1. The minimum absolute atomic E-state index is 0.0799. The van der Waals surface area contributed by atoms with E-state index in [4.69, 9.17) is 0 Å². The number of fused-ring (bicyclic) bond motifs is 1. The van der Waals surface area contributed by atoms with Crippen LogP contribution in [0.25, 0.3) is 0 Å². The molecule has 4 atom stereocenters. The van der Waals surface area contributed by atoms with Crippen LogP contribution in [0, 0.1) is 17.8 Å². The first-order valence-electron chi connectivity index (χ1n) is 7.81. The first-order valence-corrected chi connectivity index (χ1v) is 8.86. The Kier molecular flexibility index (Phi) is 3.98. The van der Waals surface area contributed by atoms with E-state index in [9.17, 15) is 14.7 Å². The molecule has 0 radical (unpaired) electrons. The van der Waals surface area contributed by atoms with E-state index in [1.54, 1.807) is 16.7 Å². The van der Waals surface area contributed by atoms with Gasteiger partial charge >= 0.3 is 5.97 Å². The topological polar surface area (TPSA) is 57.6 Å². The fourth-order valence-corrected chi connectivity index (χ4v) is 5.57. The van der Waals surface area contributed by atoms with Crippen LogP contribution < -0.4 is 0 Å².